The highest BCUT2D eigenvalue weighted by molar-refractivity contribution is 6.10. The van der Waals surface area contributed by atoms with E-state index in [2.05, 4.69) is 0 Å². The monoisotopic (exact) mass is 1210 g/mol. The third kappa shape index (κ3) is 9.74. The van der Waals surface area contributed by atoms with Gasteiger partial charge in [0.2, 0.25) is 23.0 Å². The summed E-state index contributed by atoms with van der Waals surface area (Å²) in [6.07, 6.45) is -16.2. The van der Waals surface area contributed by atoms with E-state index in [1.807, 2.05) is 0 Å². The second-order valence-electron chi connectivity index (χ2n) is 19.6. The summed E-state index contributed by atoms with van der Waals surface area (Å²) in [5.41, 5.74) is -11.6. The Morgan fingerprint density at radius 2 is 0.874 bits per heavy atom. The van der Waals surface area contributed by atoms with Crippen molar-refractivity contribution in [3.8, 4) is 137 Å². The van der Waals surface area contributed by atoms with Crippen molar-refractivity contribution in [3.05, 3.63) is 105 Å². The number of esters is 5. The van der Waals surface area contributed by atoms with Crippen molar-refractivity contribution in [2.75, 3.05) is 6.61 Å². The van der Waals surface area contributed by atoms with Crippen molar-refractivity contribution in [1.82, 2.24) is 0 Å². The predicted octanol–water partition coefficient (Wildman–Crippen LogP) is 3.39. The molecule has 7 aromatic rings. The zero-order chi connectivity index (χ0) is 63.3. The maximum absolute atomic E-state index is 15.2. The molecule has 0 radical (unpaired) electrons. The van der Waals surface area contributed by atoms with Crippen molar-refractivity contribution in [2.45, 2.75) is 49.5 Å². The van der Waals surface area contributed by atoms with Crippen molar-refractivity contribution in [1.29, 1.82) is 0 Å². The van der Waals surface area contributed by atoms with E-state index in [4.69, 9.17) is 28.4 Å². The van der Waals surface area contributed by atoms with Crippen LogP contribution in [0.15, 0.2) is 60.7 Å². The Balaban J connectivity index is 1.24. The van der Waals surface area contributed by atoms with Crippen LogP contribution in [-0.2, 0) is 36.5 Å². The normalized spacial score (nSPS) is 19.1. The molecule has 31 heteroatoms. The molecular formula is C56H42O31. The summed E-state index contributed by atoms with van der Waals surface area (Å²) in [6, 6.07) is 6.52. The number of aromatic hydroxyl groups is 19. The molecule has 2 unspecified atom stereocenters. The second-order valence-corrected chi connectivity index (χ2v) is 19.6. The highest BCUT2D eigenvalue weighted by Gasteiger charge is 2.49. The fourth-order valence-corrected chi connectivity index (χ4v) is 10.1. The number of carbonyl (C=O) groups is 5. The molecule has 10 rings (SSSR count). The number of hydrogen-bond donors (Lipinski definition) is 20. The fraction of sp³-hybridized carbons (Fsp3) is 0.161. The third-order valence-electron chi connectivity index (χ3n) is 14.3. The predicted molar refractivity (Wildman–Crippen MR) is 279 cm³/mol. The van der Waals surface area contributed by atoms with E-state index in [1.54, 1.807) is 0 Å². The van der Waals surface area contributed by atoms with E-state index in [-0.39, 0.29) is 16.9 Å². The van der Waals surface area contributed by atoms with E-state index in [1.165, 1.54) is 6.07 Å². The lowest BCUT2D eigenvalue weighted by molar-refractivity contribution is -0.131. The van der Waals surface area contributed by atoms with Gasteiger partial charge in [-0.1, -0.05) is 6.07 Å². The van der Waals surface area contributed by atoms with Gasteiger partial charge in [0, 0.05) is 52.3 Å². The fourth-order valence-electron chi connectivity index (χ4n) is 10.1. The van der Waals surface area contributed by atoms with Gasteiger partial charge in [0.1, 0.15) is 36.1 Å². The number of fused-ring (bicyclic) bond motifs is 7. The SMILES string of the molecule is O=C(OC1COC(=O)c2cc(O)c(O)c(O)c2-c2c(cc(O)c(O)c2O)C(=O)O[C@H]1[C@@H]1OC(=O)c2cc(O)c(O)c(O)c2-c2c(cc(O)c(O)c2O)C(=O)OC1Cc1c(O)cc2c(c1O)C[C@H](O)[C@@H](c1ccc(O)c(O)c1)O2)c1cc(O)c(O)c(O)c1. The summed E-state index contributed by atoms with van der Waals surface area (Å²) in [6.45, 7) is -1.60. The molecule has 0 saturated heterocycles. The van der Waals surface area contributed by atoms with E-state index >= 15 is 14.4 Å². The highest BCUT2D eigenvalue weighted by atomic mass is 16.6. The van der Waals surface area contributed by atoms with Gasteiger partial charge >= 0.3 is 29.8 Å². The first kappa shape index (κ1) is 58.1. The topological polar surface area (TPSA) is 545 Å². The van der Waals surface area contributed by atoms with E-state index in [0.29, 0.717) is 36.4 Å². The molecule has 20 N–H and O–H groups in total. The zero-order valence-corrected chi connectivity index (χ0v) is 43.3. The molecule has 3 aliphatic heterocycles. The molecule has 0 aromatic heterocycles. The van der Waals surface area contributed by atoms with Gasteiger partial charge in [-0.15, -0.1) is 0 Å². The van der Waals surface area contributed by atoms with Gasteiger partial charge in [0.15, 0.2) is 93.1 Å². The van der Waals surface area contributed by atoms with Gasteiger partial charge in [-0.2, -0.15) is 0 Å². The summed E-state index contributed by atoms with van der Waals surface area (Å²) in [5.74, 6) is -34.3. The van der Waals surface area contributed by atoms with Gasteiger partial charge in [-0.3, -0.25) is 0 Å². The van der Waals surface area contributed by atoms with Crippen molar-refractivity contribution in [2.24, 2.45) is 0 Å². The van der Waals surface area contributed by atoms with Crippen molar-refractivity contribution in [3.63, 3.8) is 0 Å². The highest BCUT2D eigenvalue weighted by Crippen LogP contribution is 2.56. The lowest BCUT2D eigenvalue weighted by Crippen LogP contribution is -2.54. The number of carbonyl (C=O) groups excluding carboxylic acids is 5. The molecule has 6 atom stereocenters. The first-order valence-electron chi connectivity index (χ1n) is 24.8. The maximum Gasteiger partial charge on any atom is 0.339 e. The molecule has 0 fully saturated rings. The quantitative estimate of drug-likeness (QED) is 0.0644. The van der Waals surface area contributed by atoms with Crippen LogP contribution in [0.4, 0.5) is 0 Å². The molecule has 0 spiro atoms. The lowest BCUT2D eigenvalue weighted by atomic mass is 9.89. The molecule has 31 nitrogen and oxygen atoms in total. The van der Waals surface area contributed by atoms with Crippen molar-refractivity contribution < 1.29 is 155 Å². The maximum atomic E-state index is 15.2. The van der Waals surface area contributed by atoms with E-state index in [9.17, 15) is 112 Å². The van der Waals surface area contributed by atoms with Crippen LogP contribution in [0.1, 0.15) is 74.6 Å². The largest absolute Gasteiger partial charge is 0.507 e. The van der Waals surface area contributed by atoms with Gasteiger partial charge in [0.05, 0.1) is 33.9 Å². The Labute approximate surface area is 481 Å². The smallest absolute Gasteiger partial charge is 0.339 e. The van der Waals surface area contributed by atoms with Gasteiger partial charge in [-0.05, 0) is 54.1 Å². The average Bonchev–Trinajstić information content (AvgIpc) is 1.40. The number of benzene rings is 7. The Hall–Kier alpha value is -12.2. The zero-order valence-electron chi connectivity index (χ0n) is 43.3. The summed E-state index contributed by atoms with van der Waals surface area (Å²) in [4.78, 5) is 74.1. The Morgan fingerprint density at radius 1 is 0.437 bits per heavy atom. The Kier molecular flexibility index (Phi) is 14.2. The number of hydrogen-bond acceptors (Lipinski definition) is 31. The molecule has 452 valence electrons. The number of phenols is 19. The third-order valence-corrected chi connectivity index (χ3v) is 14.3. The minimum atomic E-state index is -2.93. The number of cyclic esters (lactones) is 4. The molecule has 3 aliphatic rings. The van der Waals surface area contributed by atoms with Crippen LogP contribution in [-0.4, -0.2) is 169 Å². The summed E-state index contributed by atoms with van der Waals surface area (Å²) < 4.78 is 34.9. The number of aliphatic hydroxyl groups excluding tert-OH is 1. The minimum absolute atomic E-state index is 0.0615. The van der Waals surface area contributed by atoms with Crippen LogP contribution in [0.25, 0.3) is 22.3 Å². The van der Waals surface area contributed by atoms with Crippen LogP contribution >= 0.6 is 0 Å². The molecule has 0 aliphatic carbocycles. The van der Waals surface area contributed by atoms with Gasteiger partial charge in [-0.25, -0.2) is 24.0 Å². The Morgan fingerprint density at radius 3 is 1.34 bits per heavy atom. The average molecular weight is 1210 g/mol. The molecule has 0 amide bonds. The molecule has 87 heavy (non-hydrogen) atoms. The summed E-state index contributed by atoms with van der Waals surface area (Å²) in [5, 5.41) is 218. The van der Waals surface area contributed by atoms with Crippen LogP contribution in [0.5, 0.6) is 115 Å². The second kappa shape index (κ2) is 21.2. The molecule has 0 bridgehead atoms. The number of phenolic OH excluding ortho intramolecular Hbond substituents is 19. The first-order chi connectivity index (χ1) is 41.0. The number of ether oxygens (including phenoxy) is 6. The summed E-state index contributed by atoms with van der Waals surface area (Å²) >= 11 is 0. The minimum Gasteiger partial charge on any atom is -0.507 e. The first-order valence-corrected chi connectivity index (χ1v) is 24.8. The van der Waals surface area contributed by atoms with E-state index < -0.39 is 251 Å². The lowest BCUT2D eigenvalue weighted by Gasteiger charge is -2.37. The molecule has 7 aromatic carbocycles. The van der Waals surface area contributed by atoms with Crippen LogP contribution in [0.3, 0.4) is 0 Å². The number of aliphatic hydroxyl groups is 1. The van der Waals surface area contributed by atoms with E-state index in [0.717, 1.165) is 18.2 Å². The Bertz CT molecular complexity index is 4130. The van der Waals surface area contributed by atoms with Crippen molar-refractivity contribution >= 4 is 29.8 Å². The summed E-state index contributed by atoms with van der Waals surface area (Å²) in [7, 11) is 0. The van der Waals surface area contributed by atoms with Crippen LogP contribution < -0.4 is 4.74 Å². The molecule has 0 saturated carbocycles. The van der Waals surface area contributed by atoms with Gasteiger partial charge < -0.3 is 131 Å². The standard InChI is InChI=1S/C56H42O31/c57-22-2-1-14(3-24(22)59)49-31(66)6-17-32(83-49)12-23(58)16(39(17)67)11-33-50(86-55(80)21-10-30(65)44(72)48(76)38(21)36-19(54(79)84-33)8-28(63)42(70)46(36)74)51-34(85-52(77)15-4-25(60)40(68)26(61)5-15)13-82-53(78)18-7-27(62)41(69)45(73)35(18)37-20(56(81)87-51)9-29(64)43(71)47(37)75/h1-5,7-10,12,31,33-34,49-51,57-76H,6,11,13H2/t31-,33?,34?,49+,50+,51+/m0/s1. The van der Waals surface area contributed by atoms with Crippen LogP contribution in [0.2, 0.25) is 0 Å². The molecular weight excluding hydrogens is 1170 g/mol. The molecule has 3 heterocycles. The van der Waals surface area contributed by atoms with Gasteiger partial charge in [0.25, 0.3) is 0 Å². The van der Waals surface area contributed by atoms with Crippen LogP contribution in [0, 0.1) is 0 Å². The number of rotatable bonds is 6.